The molecule has 246 valence electrons. The van der Waals surface area contributed by atoms with Gasteiger partial charge in [-0.3, -0.25) is 4.79 Å². The summed E-state index contributed by atoms with van der Waals surface area (Å²) in [5.41, 5.74) is -0.245. The molecule has 0 aliphatic rings. The Bertz CT molecular complexity index is 1990. The van der Waals surface area contributed by atoms with Crippen LogP contribution in [0.25, 0.3) is 32.3 Å². The Kier molecular flexibility index (Phi) is 12.7. The fourth-order valence-electron chi connectivity index (χ4n) is 4.02. The largest absolute Gasteiger partial charge is 0.472 e. The number of nitrogens with zero attached hydrogens (tertiary/aromatic N) is 2. The van der Waals surface area contributed by atoms with Crippen molar-refractivity contribution in [2.75, 3.05) is 13.2 Å². The highest BCUT2D eigenvalue weighted by molar-refractivity contribution is 6.39. The minimum Gasteiger partial charge on any atom is -0.472 e. The van der Waals surface area contributed by atoms with Crippen molar-refractivity contribution in [2.24, 2.45) is 0 Å². The quantitative estimate of drug-likeness (QED) is 0.135. The molecule has 0 spiro atoms. The Labute approximate surface area is 287 Å². The minimum absolute atomic E-state index is 0.0379. The SMILES string of the molecule is FC(F)COc1cc2c(Cl)cccc2c(Cl)n1.Fc1nc(OCC(F)F)cc2c(Cl)cccc12.O=c1cc2c(Cl)cccc2c(Cl)[nH]1. The van der Waals surface area contributed by atoms with Crippen LogP contribution in [0.4, 0.5) is 22.0 Å². The van der Waals surface area contributed by atoms with Crippen molar-refractivity contribution in [1.82, 2.24) is 15.0 Å². The number of alkyl halides is 4. The zero-order valence-electron chi connectivity index (χ0n) is 23.4. The van der Waals surface area contributed by atoms with Gasteiger partial charge in [0.05, 0.1) is 0 Å². The Morgan fingerprint density at radius 3 is 1.60 bits per heavy atom. The summed E-state index contributed by atoms with van der Waals surface area (Å²) in [5.74, 6) is -0.964. The van der Waals surface area contributed by atoms with Crippen LogP contribution in [-0.4, -0.2) is 41.0 Å². The van der Waals surface area contributed by atoms with Crippen LogP contribution in [0, 0.1) is 5.95 Å². The number of benzene rings is 3. The van der Waals surface area contributed by atoms with E-state index in [0.717, 1.165) is 5.39 Å². The van der Waals surface area contributed by atoms with Crippen molar-refractivity contribution in [3.8, 4) is 11.8 Å². The molecule has 0 amide bonds. The normalized spacial score (nSPS) is 11.0. The molecule has 6 nitrogen and oxygen atoms in total. The van der Waals surface area contributed by atoms with Gasteiger partial charge >= 0.3 is 0 Å². The van der Waals surface area contributed by atoms with Gasteiger partial charge in [-0.15, -0.1) is 0 Å². The van der Waals surface area contributed by atoms with Gasteiger partial charge in [0.15, 0.2) is 13.2 Å². The lowest BCUT2D eigenvalue weighted by Gasteiger charge is -2.07. The van der Waals surface area contributed by atoms with Crippen LogP contribution < -0.4 is 15.0 Å². The predicted molar refractivity (Wildman–Crippen MR) is 176 cm³/mol. The standard InChI is InChI=1S/C11H7Cl2F2NO.C11H7ClF3NO.C9H5Cl2NO/c12-8-3-1-2-6-7(8)4-10(16-11(6)13)17-5-9(14)15;12-8-3-1-2-6-7(8)4-10(16-11(6)15)17-5-9(13)14;10-7-3-1-2-5-6(7)4-8(13)12-9(5)11/h2*1-4,9H,5H2;1-4H,(H,12,13). The van der Waals surface area contributed by atoms with E-state index >= 15 is 0 Å². The van der Waals surface area contributed by atoms with Gasteiger partial charge < -0.3 is 14.5 Å². The van der Waals surface area contributed by atoms with Gasteiger partial charge in [-0.25, -0.2) is 22.5 Å². The number of hydrogen-bond donors (Lipinski definition) is 1. The fourth-order valence-corrected chi connectivity index (χ4v) is 5.21. The summed E-state index contributed by atoms with van der Waals surface area (Å²) < 4.78 is 70.9. The molecular weight excluding hydrogens is 735 g/mol. The Balaban J connectivity index is 0.000000161. The molecule has 16 heteroatoms. The van der Waals surface area contributed by atoms with Crippen LogP contribution >= 0.6 is 58.0 Å². The first kappa shape index (κ1) is 36.2. The molecule has 0 fully saturated rings. The molecule has 0 bridgehead atoms. The van der Waals surface area contributed by atoms with Crippen LogP contribution in [0.3, 0.4) is 0 Å². The highest BCUT2D eigenvalue weighted by Crippen LogP contribution is 2.31. The molecule has 3 aromatic heterocycles. The summed E-state index contributed by atoms with van der Waals surface area (Å²) in [6.45, 7) is -1.55. The molecular formula is C31H19Cl5F5N3O3. The number of hydrogen-bond acceptors (Lipinski definition) is 5. The van der Waals surface area contributed by atoms with E-state index < -0.39 is 32.0 Å². The molecule has 0 radical (unpaired) electrons. The van der Waals surface area contributed by atoms with E-state index in [0.29, 0.717) is 41.8 Å². The van der Waals surface area contributed by atoms with E-state index in [1.807, 2.05) is 0 Å². The van der Waals surface area contributed by atoms with Crippen LogP contribution in [0.15, 0.2) is 77.6 Å². The smallest absolute Gasteiger partial charge is 0.272 e. The van der Waals surface area contributed by atoms with Gasteiger partial charge in [0.2, 0.25) is 23.3 Å². The van der Waals surface area contributed by atoms with E-state index in [1.165, 1.54) is 24.3 Å². The van der Waals surface area contributed by atoms with Crippen molar-refractivity contribution in [3.05, 3.63) is 114 Å². The van der Waals surface area contributed by atoms with Crippen LogP contribution in [0.1, 0.15) is 0 Å². The molecule has 47 heavy (non-hydrogen) atoms. The zero-order valence-corrected chi connectivity index (χ0v) is 27.2. The van der Waals surface area contributed by atoms with E-state index in [4.69, 9.17) is 62.7 Å². The molecule has 0 unspecified atom stereocenters. The second-order valence-corrected chi connectivity index (χ2v) is 11.2. The first-order chi connectivity index (χ1) is 22.3. The number of fused-ring (bicyclic) bond motifs is 3. The number of ether oxygens (including phenoxy) is 2. The first-order valence-electron chi connectivity index (χ1n) is 13.1. The Morgan fingerprint density at radius 1 is 0.617 bits per heavy atom. The van der Waals surface area contributed by atoms with Gasteiger partial charge in [-0.2, -0.15) is 9.37 Å². The molecule has 3 aromatic carbocycles. The van der Waals surface area contributed by atoms with E-state index in [9.17, 15) is 26.7 Å². The molecule has 0 saturated heterocycles. The summed E-state index contributed by atoms with van der Waals surface area (Å²) >= 11 is 29.5. The number of aromatic nitrogens is 3. The molecule has 0 aliphatic carbocycles. The molecule has 6 aromatic rings. The Morgan fingerprint density at radius 2 is 1.06 bits per heavy atom. The van der Waals surface area contributed by atoms with Crippen molar-refractivity contribution < 1.29 is 31.4 Å². The van der Waals surface area contributed by atoms with Crippen molar-refractivity contribution >= 4 is 90.3 Å². The molecule has 0 atom stereocenters. The first-order valence-corrected chi connectivity index (χ1v) is 15.0. The molecule has 0 aliphatic heterocycles. The van der Waals surface area contributed by atoms with Gasteiger partial charge in [-0.1, -0.05) is 88.3 Å². The number of pyridine rings is 3. The second-order valence-electron chi connectivity index (χ2n) is 9.23. The summed E-state index contributed by atoms with van der Waals surface area (Å²) in [6.07, 6.45) is -5.20. The highest BCUT2D eigenvalue weighted by Gasteiger charge is 2.12. The van der Waals surface area contributed by atoms with Gasteiger partial charge in [0.25, 0.3) is 12.9 Å². The van der Waals surface area contributed by atoms with E-state index in [2.05, 4.69) is 19.7 Å². The number of aromatic amines is 1. The van der Waals surface area contributed by atoms with E-state index in [-0.39, 0.29) is 27.9 Å². The van der Waals surface area contributed by atoms with E-state index in [1.54, 1.807) is 48.5 Å². The summed E-state index contributed by atoms with van der Waals surface area (Å²) in [5, 5.41) is 5.13. The van der Waals surface area contributed by atoms with Crippen LogP contribution in [0.2, 0.25) is 25.4 Å². The summed E-state index contributed by atoms with van der Waals surface area (Å²) in [4.78, 5) is 20.8. The third-order valence-electron chi connectivity index (χ3n) is 6.01. The third kappa shape index (κ3) is 9.71. The number of H-pyrrole nitrogens is 1. The van der Waals surface area contributed by atoms with Crippen LogP contribution in [-0.2, 0) is 0 Å². The number of halogens is 10. The monoisotopic (exact) mass is 751 g/mol. The van der Waals surface area contributed by atoms with Crippen molar-refractivity contribution in [2.45, 2.75) is 12.9 Å². The zero-order chi connectivity index (χ0) is 34.2. The van der Waals surface area contributed by atoms with Gasteiger partial charge in [0, 0.05) is 65.6 Å². The van der Waals surface area contributed by atoms with Gasteiger partial charge in [0.1, 0.15) is 10.3 Å². The molecule has 6 rings (SSSR count). The van der Waals surface area contributed by atoms with Crippen molar-refractivity contribution in [1.29, 1.82) is 0 Å². The molecule has 0 saturated carbocycles. The second kappa shape index (κ2) is 16.5. The lowest BCUT2D eigenvalue weighted by atomic mass is 10.2. The Hall–Kier alpha value is -3.61. The highest BCUT2D eigenvalue weighted by atomic mass is 35.5. The maximum Gasteiger partial charge on any atom is 0.272 e. The topological polar surface area (TPSA) is 77.1 Å². The maximum atomic E-state index is 13.5. The number of nitrogens with one attached hydrogen (secondary N) is 1. The third-order valence-corrected chi connectivity index (χ3v) is 7.59. The summed E-state index contributed by atoms with van der Waals surface area (Å²) in [6, 6.07) is 19.4. The molecule has 1 N–H and O–H groups in total. The summed E-state index contributed by atoms with van der Waals surface area (Å²) in [7, 11) is 0. The minimum atomic E-state index is -2.64. The molecule has 3 heterocycles. The lowest BCUT2D eigenvalue weighted by molar-refractivity contribution is 0.0792. The number of rotatable bonds is 6. The lowest BCUT2D eigenvalue weighted by Crippen LogP contribution is -2.08. The average Bonchev–Trinajstić information content (AvgIpc) is 3.01. The van der Waals surface area contributed by atoms with Crippen LogP contribution in [0.5, 0.6) is 11.8 Å². The maximum absolute atomic E-state index is 13.5. The van der Waals surface area contributed by atoms with Gasteiger partial charge in [-0.05, 0) is 24.3 Å². The average molecular weight is 754 g/mol. The van der Waals surface area contributed by atoms with Crippen molar-refractivity contribution in [3.63, 3.8) is 0 Å². The predicted octanol–water partition coefficient (Wildman–Crippen LogP) is 10.7. The fraction of sp³-hybridized carbons (Fsp3) is 0.129.